The summed E-state index contributed by atoms with van der Waals surface area (Å²) in [6.07, 6.45) is 2.21. The van der Waals surface area contributed by atoms with Gasteiger partial charge in [-0.05, 0) is 18.3 Å². The van der Waals surface area contributed by atoms with Crippen molar-refractivity contribution < 1.29 is 0 Å². The molecule has 0 atom stereocenters. The third-order valence-electron chi connectivity index (χ3n) is 2.59. The van der Waals surface area contributed by atoms with Crippen molar-refractivity contribution in [3.63, 3.8) is 0 Å². The highest BCUT2D eigenvalue weighted by molar-refractivity contribution is 7.13. The van der Waals surface area contributed by atoms with Gasteiger partial charge in [-0.3, -0.25) is 0 Å². The summed E-state index contributed by atoms with van der Waals surface area (Å²) >= 11 is 1.70. The minimum absolute atomic E-state index is 0.359. The largest absolute Gasteiger partial charge is 0.361 e. The summed E-state index contributed by atoms with van der Waals surface area (Å²) in [6.45, 7) is 9.90. The highest BCUT2D eigenvalue weighted by Gasteiger charge is 2.14. The summed E-state index contributed by atoms with van der Waals surface area (Å²) in [5.41, 5.74) is 1.55. The van der Waals surface area contributed by atoms with E-state index < -0.39 is 0 Å². The van der Waals surface area contributed by atoms with Crippen LogP contribution in [0, 0.1) is 5.41 Å². The zero-order valence-electron chi connectivity index (χ0n) is 9.55. The van der Waals surface area contributed by atoms with Crippen LogP contribution in [0.4, 0.5) is 5.13 Å². The van der Waals surface area contributed by atoms with Crippen molar-refractivity contribution in [2.75, 3.05) is 11.9 Å². The molecule has 0 saturated carbocycles. The van der Waals surface area contributed by atoms with E-state index in [0.29, 0.717) is 5.41 Å². The van der Waals surface area contributed by atoms with Gasteiger partial charge in [0.15, 0.2) is 5.13 Å². The van der Waals surface area contributed by atoms with Crippen molar-refractivity contribution in [2.24, 2.45) is 5.41 Å². The Labute approximate surface area is 90.8 Å². The molecule has 0 aliphatic heterocycles. The third-order valence-corrected chi connectivity index (χ3v) is 3.44. The van der Waals surface area contributed by atoms with Crippen molar-refractivity contribution in [3.8, 4) is 0 Å². The standard InChI is InChI=1S/C11H20N2S/c1-5-9-7-14-10(13-9)12-8-11(3,4)6-2/h7H,5-6,8H2,1-4H3,(H,12,13). The van der Waals surface area contributed by atoms with E-state index in [4.69, 9.17) is 0 Å². The van der Waals surface area contributed by atoms with Gasteiger partial charge < -0.3 is 5.32 Å². The molecule has 0 radical (unpaired) electrons. The van der Waals surface area contributed by atoms with Crippen molar-refractivity contribution in [3.05, 3.63) is 11.1 Å². The first kappa shape index (κ1) is 11.5. The third kappa shape index (κ3) is 3.29. The summed E-state index contributed by atoms with van der Waals surface area (Å²) < 4.78 is 0. The lowest BCUT2D eigenvalue weighted by molar-refractivity contribution is 0.377. The molecule has 0 fully saturated rings. The maximum absolute atomic E-state index is 4.47. The molecule has 1 rings (SSSR count). The van der Waals surface area contributed by atoms with Gasteiger partial charge in [-0.2, -0.15) is 0 Å². The lowest BCUT2D eigenvalue weighted by Gasteiger charge is -2.22. The van der Waals surface area contributed by atoms with E-state index in [1.165, 1.54) is 12.1 Å². The average molecular weight is 212 g/mol. The quantitative estimate of drug-likeness (QED) is 0.807. The molecule has 0 aliphatic carbocycles. The molecule has 1 aromatic rings. The van der Waals surface area contributed by atoms with Gasteiger partial charge in [-0.1, -0.05) is 27.7 Å². The minimum Gasteiger partial charge on any atom is -0.361 e. The van der Waals surface area contributed by atoms with Gasteiger partial charge in [0, 0.05) is 11.9 Å². The van der Waals surface area contributed by atoms with Gasteiger partial charge >= 0.3 is 0 Å². The van der Waals surface area contributed by atoms with E-state index >= 15 is 0 Å². The van der Waals surface area contributed by atoms with Crippen LogP contribution in [-0.4, -0.2) is 11.5 Å². The summed E-state index contributed by atoms with van der Waals surface area (Å²) in [6, 6.07) is 0. The smallest absolute Gasteiger partial charge is 0.182 e. The van der Waals surface area contributed by atoms with E-state index in [1.54, 1.807) is 11.3 Å². The van der Waals surface area contributed by atoms with Crippen LogP contribution in [0.5, 0.6) is 0 Å². The molecule has 3 heteroatoms. The number of aryl methyl sites for hydroxylation is 1. The van der Waals surface area contributed by atoms with Crippen LogP contribution in [0.3, 0.4) is 0 Å². The maximum Gasteiger partial charge on any atom is 0.182 e. The van der Waals surface area contributed by atoms with Crippen molar-refractivity contribution >= 4 is 16.5 Å². The van der Waals surface area contributed by atoms with Gasteiger partial charge in [0.2, 0.25) is 0 Å². The number of hydrogen-bond acceptors (Lipinski definition) is 3. The summed E-state index contributed by atoms with van der Waals surface area (Å²) in [7, 11) is 0. The molecule has 0 aromatic carbocycles. The number of nitrogens with one attached hydrogen (secondary N) is 1. The summed E-state index contributed by atoms with van der Waals surface area (Å²) in [5, 5.41) is 6.58. The Morgan fingerprint density at radius 1 is 1.43 bits per heavy atom. The van der Waals surface area contributed by atoms with Gasteiger partial charge in [-0.25, -0.2) is 4.98 Å². The van der Waals surface area contributed by atoms with Crippen LogP contribution >= 0.6 is 11.3 Å². The molecule has 1 aromatic heterocycles. The van der Waals surface area contributed by atoms with Gasteiger partial charge in [0.25, 0.3) is 0 Å². The van der Waals surface area contributed by atoms with E-state index in [1.807, 2.05) is 0 Å². The second-order valence-corrected chi connectivity index (χ2v) is 5.23. The van der Waals surface area contributed by atoms with Crippen molar-refractivity contribution in [1.29, 1.82) is 0 Å². The summed E-state index contributed by atoms with van der Waals surface area (Å²) in [5.74, 6) is 0. The Hall–Kier alpha value is -0.570. The van der Waals surface area contributed by atoms with Crippen LogP contribution in [0.25, 0.3) is 0 Å². The van der Waals surface area contributed by atoms with Gasteiger partial charge in [0.1, 0.15) is 0 Å². The first-order valence-corrected chi connectivity index (χ1v) is 6.13. The number of rotatable bonds is 5. The van der Waals surface area contributed by atoms with Crippen LogP contribution in [0.2, 0.25) is 0 Å². The molecule has 0 bridgehead atoms. The van der Waals surface area contributed by atoms with E-state index in [9.17, 15) is 0 Å². The molecule has 1 heterocycles. The molecule has 0 unspecified atom stereocenters. The first-order valence-electron chi connectivity index (χ1n) is 5.25. The number of anilines is 1. The van der Waals surface area contributed by atoms with Gasteiger partial charge in [-0.15, -0.1) is 11.3 Å². The lowest BCUT2D eigenvalue weighted by Crippen LogP contribution is -2.21. The van der Waals surface area contributed by atoms with E-state index in [0.717, 1.165) is 18.1 Å². The fourth-order valence-corrected chi connectivity index (χ4v) is 1.78. The predicted octanol–water partition coefficient (Wildman–Crippen LogP) is 3.55. The van der Waals surface area contributed by atoms with Crippen LogP contribution < -0.4 is 5.32 Å². The summed E-state index contributed by atoms with van der Waals surface area (Å²) in [4.78, 5) is 4.47. The number of aromatic nitrogens is 1. The number of hydrogen-bond donors (Lipinski definition) is 1. The molecule has 2 nitrogen and oxygen atoms in total. The highest BCUT2D eigenvalue weighted by Crippen LogP contribution is 2.22. The zero-order chi connectivity index (χ0) is 10.6. The monoisotopic (exact) mass is 212 g/mol. The molecular formula is C11H20N2S. The number of thiazole rings is 1. The minimum atomic E-state index is 0.359. The Balaban J connectivity index is 2.45. The van der Waals surface area contributed by atoms with Crippen LogP contribution in [0.1, 0.15) is 39.8 Å². The average Bonchev–Trinajstić information content (AvgIpc) is 2.63. The van der Waals surface area contributed by atoms with Crippen LogP contribution in [-0.2, 0) is 6.42 Å². The highest BCUT2D eigenvalue weighted by atomic mass is 32.1. The Morgan fingerprint density at radius 3 is 2.64 bits per heavy atom. The Kier molecular flexibility index (Phi) is 3.93. The SMILES string of the molecule is CCc1csc(NCC(C)(C)CC)n1. The molecular weight excluding hydrogens is 192 g/mol. The molecule has 0 spiro atoms. The maximum atomic E-state index is 4.47. The predicted molar refractivity (Wildman–Crippen MR) is 64.1 cm³/mol. The molecule has 80 valence electrons. The number of nitrogens with zero attached hydrogens (tertiary/aromatic N) is 1. The normalized spacial score (nSPS) is 11.7. The lowest BCUT2D eigenvalue weighted by atomic mass is 9.90. The van der Waals surface area contributed by atoms with Crippen molar-refractivity contribution in [2.45, 2.75) is 40.5 Å². The van der Waals surface area contributed by atoms with E-state index in [-0.39, 0.29) is 0 Å². The van der Waals surface area contributed by atoms with Crippen LogP contribution in [0.15, 0.2) is 5.38 Å². The molecule has 0 saturated heterocycles. The van der Waals surface area contributed by atoms with Gasteiger partial charge in [0.05, 0.1) is 5.69 Å². The molecule has 14 heavy (non-hydrogen) atoms. The fraction of sp³-hybridized carbons (Fsp3) is 0.727. The fourth-order valence-electron chi connectivity index (χ4n) is 0.990. The second kappa shape index (κ2) is 4.78. The molecule has 0 aliphatic rings. The zero-order valence-corrected chi connectivity index (χ0v) is 10.4. The molecule has 0 amide bonds. The molecule has 1 N–H and O–H groups in total. The van der Waals surface area contributed by atoms with E-state index in [2.05, 4.69) is 43.4 Å². The topological polar surface area (TPSA) is 24.9 Å². The second-order valence-electron chi connectivity index (χ2n) is 4.37. The van der Waals surface area contributed by atoms with Crippen molar-refractivity contribution in [1.82, 2.24) is 4.98 Å². The Bertz CT molecular complexity index is 279. The first-order chi connectivity index (χ1) is 6.57. The Morgan fingerprint density at radius 2 is 2.14 bits per heavy atom.